The Morgan fingerprint density at radius 1 is 1.36 bits per heavy atom. The van der Waals surface area contributed by atoms with Crippen LogP contribution in [0.5, 0.6) is 0 Å². The molecule has 0 aromatic heterocycles. The quantitative estimate of drug-likeness (QED) is 0.628. The standard InChI is InChI=1S/C12H22O2/c1-4-10(2)13-11(3)14-12-8-6-5-7-9-12/h10,12H,3-9H2,1-2H3. The van der Waals surface area contributed by atoms with Crippen LogP contribution in [0.15, 0.2) is 12.5 Å². The SMILES string of the molecule is C=C(OC(C)CC)OC1CCCCC1. The van der Waals surface area contributed by atoms with Crippen molar-refractivity contribution in [2.75, 3.05) is 0 Å². The van der Waals surface area contributed by atoms with Gasteiger partial charge in [0.25, 0.3) is 5.95 Å². The number of rotatable bonds is 5. The number of hydrogen-bond donors (Lipinski definition) is 0. The molecule has 1 aliphatic rings. The zero-order valence-corrected chi connectivity index (χ0v) is 9.42. The van der Waals surface area contributed by atoms with E-state index in [1.807, 2.05) is 6.92 Å². The van der Waals surface area contributed by atoms with Crippen molar-refractivity contribution < 1.29 is 9.47 Å². The smallest absolute Gasteiger partial charge is 0.272 e. The predicted molar refractivity (Wildman–Crippen MR) is 57.9 cm³/mol. The molecule has 0 N–H and O–H groups in total. The Morgan fingerprint density at radius 3 is 2.57 bits per heavy atom. The van der Waals surface area contributed by atoms with Crippen LogP contribution in [0, 0.1) is 0 Å². The lowest BCUT2D eigenvalue weighted by molar-refractivity contribution is -0.0435. The van der Waals surface area contributed by atoms with E-state index >= 15 is 0 Å². The molecule has 1 atom stereocenters. The first-order chi connectivity index (χ1) is 6.72. The van der Waals surface area contributed by atoms with Gasteiger partial charge < -0.3 is 9.47 Å². The van der Waals surface area contributed by atoms with E-state index in [1.165, 1.54) is 19.3 Å². The van der Waals surface area contributed by atoms with Crippen LogP contribution >= 0.6 is 0 Å². The Labute approximate surface area is 87.3 Å². The van der Waals surface area contributed by atoms with Gasteiger partial charge in [-0.3, -0.25) is 0 Å². The molecule has 0 heterocycles. The molecular weight excluding hydrogens is 176 g/mol. The van der Waals surface area contributed by atoms with Crippen LogP contribution in [0.3, 0.4) is 0 Å². The molecule has 14 heavy (non-hydrogen) atoms. The highest BCUT2D eigenvalue weighted by molar-refractivity contribution is 4.75. The van der Waals surface area contributed by atoms with Gasteiger partial charge in [0.1, 0.15) is 6.10 Å². The van der Waals surface area contributed by atoms with Crippen molar-refractivity contribution >= 4 is 0 Å². The van der Waals surface area contributed by atoms with Gasteiger partial charge in [-0.25, -0.2) is 0 Å². The van der Waals surface area contributed by atoms with E-state index in [-0.39, 0.29) is 6.10 Å². The second-order valence-corrected chi connectivity index (χ2v) is 4.09. The first kappa shape index (κ1) is 11.4. The molecule has 1 fully saturated rings. The summed E-state index contributed by atoms with van der Waals surface area (Å²) in [5.74, 6) is 0.506. The molecule has 0 bridgehead atoms. The Hall–Kier alpha value is -0.660. The molecule has 0 aliphatic heterocycles. The lowest BCUT2D eigenvalue weighted by Gasteiger charge is -2.25. The van der Waals surface area contributed by atoms with Gasteiger partial charge >= 0.3 is 0 Å². The van der Waals surface area contributed by atoms with E-state index in [0.29, 0.717) is 12.0 Å². The van der Waals surface area contributed by atoms with Gasteiger partial charge in [0.2, 0.25) is 0 Å². The van der Waals surface area contributed by atoms with Gasteiger partial charge in [-0.1, -0.05) is 13.3 Å². The monoisotopic (exact) mass is 198 g/mol. The highest BCUT2D eigenvalue weighted by Gasteiger charge is 2.16. The van der Waals surface area contributed by atoms with E-state index in [1.54, 1.807) is 0 Å². The van der Waals surface area contributed by atoms with Crippen LogP contribution in [0.4, 0.5) is 0 Å². The largest absolute Gasteiger partial charge is 0.463 e. The second-order valence-electron chi connectivity index (χ2n) is 4.09. The average Bonchev–Trinajstić information content (AvgIpc) is 2.19. The minimum atomic E-state index is 0.214. The van der Waals surface area contributed by atoms with Crippen molar-refractivity contribution in [3.8, 4) is 0 Å². The van der Waals surface area contributed by atoms with Crippen molar-refractivity contribution in [2.45, 2.75) is 64.6 Å². The molecule has 82 valence electrons. The molecule has 2 heteroatoms. The molecule has 0 aromatic carbocycles. The first-order valence-corrected chi connectivity index (χ1v) is 5.74. The summed E-state index contributed by atoms with van der Waals surface area (Å²) in [6, 6.07) is 0. The fourth-order valence-corrected chi connectivity index (χ4v) is 1.70. The molecule has 1 saturated carbocycles. The maximum atomic E-state index is 5.65. The minimum absolute atomic E-state index is 0.214. The van der Waals surface area contributed by atoms with Gasteiger partial charge in [0.15, 0.2) is 0 Å². The minimum Gasteiger partial charge on any atom is -0.463 e. The zero-order chi connectivity index (χ0) is 10.4. The molecule has 1 rings (SSSR count). The zero-order valence-electron chi connectivity index (χ0n) is 9.42. The van der Waals surface area contributed by atoms with E-state index in [2.05, 4.69) is 13.5 Å². The topological polar surface area (TPSA) is 18.5 Å². The molecule has 0 amide bonds. The lowest BCUT2D eigenvalue weighted by Crippen LogP contribution is -2.18. The van der Waals surface area contributed by atoms with Crippen LogP contribution in [-0.2, 0) is 9.47 Å². The molecule has 0 spiro atoms. The Bertz CT molecular complexity index is 171. The summed E-state index contributed by atoms with van der Waals surface area (Å²) >= 11 is 0. The maximum Gasteiger partial charge on any atom is 0.272 e. The Kier molecular flexibility index (Phi) is 4.85. The third-order valence-corrected chi connectivity index (χ3v) is 2.76. The third kappa shape index (κ3) is 4.03. The van der Waals surface area contributed by atoms with E-state index in [9.17, 15) is 0 Å². The van der Waals surface area contributed by atoms with Crippen molar-refractivity contribution in [3.05, 3.63) is 12.5 Å². The average molecular weight is 198 g/mol. The fourth-order valence-electron chi connectivity index (χ4n) is 1.70. The Balaban J connectivity index is 2.18. The van der Waals surface area contributed by atoms with Gasteiger partial charge in [-0.15, -0.1) is 0 Å². The van der Waals surface area contributed by atoms with Crippen molar-refractivity contribution in [3.63, 3.8) is 0 Å². The fraction of sp³-hybridized carbons (Fsp3) is 0.833. The molecule has 0 saturated heterocycles. The summed E-state index contributed by atoms with van der Waals surface area (Å²) in [4.78, 5) is 0. The van der Waals surface area contributed by atoms with Crippen LogP contribution in [0.25, 0.3) is 0 Å². The number of ether oxygens (including phenoxy) is 2. The van der Waals surface area contributed by atoms with E-state index in [4.69, 9.17) is 9.47 Å². The van der Waals surface area contributed by atoms with Gasteiger partial charge in [-0.2, -0.15) is 0 Å². The molecular formula is C12H22O2. The van der Waals surface area contributed by atoms with Gasteiger partial charge in [0, 0.05) is 0 Å². The lowest BCUT2D eigenvalue weighted by atomic mass is 9.98. The van der Waals surface area contributed by atoms with Crippen LogP contribution in [0.1, 0.15) is 52.4 Å². The maximum absolute atomic E-state index is 5.65. The first-order valence-electron chi connectivity index (χ1n) is 5.74. The summed E-state index contributed by atoms with van der Waals surface area (Å²) in [6.07, 6.45) is 7.77. The molecule has 0 radical (unpaired) electrons. The van der Waals surface area contributed by atoms with Crippen LogP contribution in [0.2, 0.25) is 0 Å². The third-order valence-electron chi connectivity index (χ3n) is 2.76. The summed E-state index contributed by atoms with van der Waals surface area (Å²) in [5, 5.41) is 0. The summed E-state index contributed by atoms with van der Waals surface area (Å²) in [5.41, 5.74) is 0. The van der Waals surface area contributed by atoms with Crippen molar-refractivity contribution in [2.24, 2.45) is 0 Å². The molecule has 0 aromatic rings. The van der Waals surface area contributed by atoms with Crippen LogP contribution < -0.4 is 0 Å². The van der Waals surface area contributed by atoms with E-state index in [0.717, 1.165) is 19.3 Å². The molecule has 2 nitrogen and oxygen atoms in total. The highest BCUT2D eigenvalue weighted by Crippen LogP contribution is 2.22. The normalized spacial score (nSPS) is 20.1. The highest BCUT2D eigenvalue weighted by atomic mass is 16.7. The summed E-state index contributed by atoms with van der Waals surface area (Å²) < 4.78 is 11.1. The molecule has 1 aliphatic carbocycles. The van der Waals surface area contributed by atoms with Crippen LogP contribution in [-0.4, -0.2) is 12.2 Å². The Morgan fingerprint density at radius 2 is 2.00 bits per heavy atom. The number of hydrogen-bond acceptors (Lipinski definition) is 2. The second kappa shape index (κ2) is 5.94. The van der Waals surface area contributed by atoms with Gasteiger partial charge in [-0.05, 0) is 45.6 Å². The summed E-state index contributed by atoms with van der Waals surface area (Å²) in [7, 11) is 0. The summed E-state index contributed by atoms with van der Waals surface area (Å²) in [6.45, 7) is 7.93. The molecule has 1 unspecified atom stereocenters. The van der Waals surface area contributed by atoms with Crippen molar-refractivity contribution in [1.82, 2.24) is 0 Å². The van der Waals surface area contributed by atoms with E-state index < -0.39 is 0 Å². The van der Waals surface area contributed by atoms with Crippen molar-refractivity contribution in [1.29, 1.82) is 0 Å². The predicted octanol–water partition coefficient (Wildman–Crippen LogP) is 3.62. The van der Waals surface area contributed by atoms with Gasteiger partial charge in [0.05, 0.1) is 6.10 Å².